The highest BCUT2D eigenvalue weighted by molar-refractivity contribution is 6.09. The fourth-order valence-electron chi connectivity index (χ4n) is 7.61. The molecule has 2 heteroatoms. The van der Waals surface area contributed by atoms with Crippen molar-refractivity contribution in [3.8, 4) is 29.2 Å². The normalized spacial score (nSPS) is 15.9. The Morgan fingerprint density at radius 1 is 0.872 bits per heavy atom. The molecule has 1 aromatic heterocycles. The second kappa shape index (κ2) is 11.9. The van der Waals surface area contributed by atoms with E-state index in [9.17, 15) is 0 Å². The van der Waals surface area contributed by atoms with Crippen LogP contribution in [0.3, 0.4) is 0 Å². The Morgan fingerprint density at radius 2 is 1.62 bits per heavy atom. The van der Waals surface area contributed by atoms with Crippen molar-refractivity contribution in [2.45, 2.75) is 39.0 Å². The van der Waals surface area contributed by atoms with Crippen LogP contribution in [0.25, 0.3) is 61.9 Å². The van der Waals surface area contributed by atoms with Crippen LogP contribution in [0.5, 0.6) is 0 Å². The van der Waals surface area contributed by atoms with Crippen molar-refractivity contribution < 1.29 is 0 Å². The number of terminal acetylenes is 1. The predicted octanol–water partition coefficient (Wildman–Crippen LogP) is 11.4. The zero-order chi connectivity index (χ0) is 31.9. The molecule has 0 saturated carbocycles. The first-order valence-corrected chi connectivity index (χ1v) is 16.5. The fraction of sp³-hybridized carbons (Fsp3) is 0.133. The third kappa shape index (κ3) is 4.96. The third-order valence-electron chi connectivity index (χ3n) is 9.80. The van der Waals surface area contributed by atoms with E-state index in [2.05, 4.69) is 134 Å². The second-order valence-electron chi connectivity index (χ2n) is 12.7. The summed E-state index contributed by atoms with van der Waals surface area (Å²) in [6.07, 6.45) is 21.5. The highest BCUT2D eigenvalue weighted by atomic mass is 15.1. The van der Waals surface area contributed by atoms with Crippen LogP contribution in [0.1, 0.15) is 66.2 Å². The van der Waals surface area contributed by atoms with Crippen molar-refractivity contribution in [2.24, 2.45) is 0 Å². The molecule has 2 aliphatic rings. The van der Waals surface area contributed by atoms with E-state index in [0.29, 0.717) is 5.92 Å². The number of hydrogen-bond acceptors (Lipinski definition) is 1. The van der Waals surface area contributed by atoms with E-state index in [1.54, 1.807) is 6.08 Å². The van der Waals surface area contributed by atoms with E-state index >= 15 is 0 Å². The van der Waals surface area contributed by atoms with Gasteiger partial charge < -0.3 is 0 Å². The van der Waals surface area contributed by atoms with Gasteiger partial charge >= 0.3 is 0 Å². The van der Waals surface area contributed by atoms with Gasteiger partial charge in [-0.3, -0.25) is 4.57 Å². The number of imidazole rings is 1. The highest BCUT2D eigenvalue weighted by Crippen LogP contribution is 2.48. The summed E-state index contributed by atoms with van der Waals surface area (Å²) in [6.45, 7) is 4.47. The largest absolute Gasteiger partial charge is 0.293 e. The number of rotatable bonds is 5. The van der Waals surface area contributed by atoms with Crippen molar-refractivity contribution in [3.05, 3.63) is 155 Å². The second-order valence-corrected chi connectivity index (χ2v) is 12.7. The summed E-state index contributed by atoms with van der Waals surface area (Å²) < 4.78 is 2.25. The van der Waals surface area contributed by atoms with Crippen LogP contribution < -0.4 is 0 Å². The molecule has 6 aromatic rings. The Kier molecular flexibility index (Phi) is 7.31. The highest BCUT2D eigenvalue weighted by Gasteiger charge is 2.27. The van der Waals surface area contributed by atoms with Gasteiger partial charge in [0, 0.05) is 5.69 Å². The van der Waals surface area contributed by atoms with Crippen molar-refractivity contribution in [3.63, 3.8) is 0 Å². The minimum Gasteiger partial charge on any atom is -0.293 e. The van der Waals surface area contributed by atoms with Crippen molar-refractivity contribution >= 4 is 45.1 Å². The van der Waals surface area contributed by atoms with E-state index < -0.39 is 0 Å². The van der Waals surface area contributed by atoms with Crippen LogP contribution in [0.15, 0.2) is 121 Å². The minimum atomic E-state index is 0.414. The van der Waals surface area contributed by atoms with Crippen molar-refractivity contribution in [1.82, 2.24) is 9.55 Å². The molecule has 8 rings (SSSR count). The maximum absolute atomic E-state index is 5.45. The maximum Gasteiger partial charge on any atom is 0.141 e. The number of para-hydroxylation sites is 2. The standard InChI is InChI=1S/C45H36N2/c1-4-5-6-14-31(3)45-46-40-21-11-12-22-41(40)47(45)36-27-25-33(26-28-36)44-38-19-10-9-18-37(38)43(39-20-13-15-30(2)42(39)44)35-24-23-32-16-7-8-17-34(32)29-35/h1,5-14,16-22,25-30H,15,23-24H2,2-3H3/b6-5-,31-14+/t30-/m1/s1. The summed E-state index contributed by atoms with van der Waals surface area (Å²) in [5.74, 6) is 3.90. The number of aryl methyl sites for hydroxylation is 1. The van der Waals surface area contributed by atoms with Crippen LogP contribution in [0, 0.1) is 12.3 Å². The number of aromatic nitrogens is 2. The Morgan fingerprint density at radius 3 is 2.45 bits per heavy atom. The van der Waals surface area contributed by atoms with Gasteiger partial charge in [-0.25, -0.2) is 4.98 Å². The van der Waals surface area contributed by atoms with Gasteiger partial charge in [0.2, 0.25) is 0 Å². The zero-order valence-corrected chi connectivity index (χ0v) is 26.9. The van der Waals surface area contributed by atoms with Crippen LogP contribution in [0.4, 0.5) is 0 Å². The summed E-state index contributed by atoms with van der Waals surface area (Å²) in [6, 6.07) is 35.3. The average Bonchev–Trinajstić information content (AvgIpc) is 3.51. The number of benzene rings is 5. The number of nitrogens with zero attached hydrogens (tertiary/aromatic N) is 2. The molecule has 2 nitrogen and oxygen atoms in total. The first-order valence-electron chi connectivity index (χ1n) is 16.5. The number of hydrogen-bond donors (Lipinski definition) is 0. The molecule has 0 saturated heterocycles. The van der Waals surface area contributed by atoms with Crippen molar-refractivity contribution in [2.75, 3.05) is 0 Å². The summed E-state index contributed by atoms with van der Waals surface area (Å²) in [5, 5.41) is 2.65. The fourth-order valence-corrected chi connectivity index (χ4v) is 7.61. The van der Waals surface area contributed by atoms with Crippen LogP contribution in [0.2, 0.25) is 0 Å². The molecule has 0 aliphatic heterocycles. The Hall–Kier alpha value is -5.65. The lowest BCUT2D eigenvalue weighted by atomic mass is 9.75. The van der Waals surface area contributed by atoms with Gasteiger partial charge in [0.1, 0.15) is 5.82 Å². The lowest BCUT2D eigenvalue weighted by Crippen LogP contribution is -2.09. The maximum atomic E-state index is 5.45. The molecular formula is C45H36N2. The first-order chi connectivity index (χ1) is 23.1. The van der Waals surface area contributed by atoms with E-state index in [1.807, 2.05) is 18.2 Å². The lowest BCUT2D eigenvalue weighted by molar-refractivity contribution is 0.774. The molecule has 2 aliphatic carbocycles. The molecule has 0 N–H and O–H groups in total. The Balaban J connectivity index is 1.31. The van der Waals surface area contributed by atoms with E-state index in [-0.39, 0.29) is 0 Å². The molecule has 5 aromatic carbocycles. The van der Waals surface area contributed by atoms with Crippen LogP contribution >= 0.6 is 0 Å². The number of allylic oxidation sites excluding steroid dienone is 6. The van der Waals surface area contributed by atoms with E-state index in [4.69, 9.17) is 11.4 Å². The molecule has 0 radical (unpaired) electrons. The quantitative estimate of drug-likeness (QED) is 0.141. The summed E-state index contributed by atoms with van der Waals surface area (Å²) in [4.78, 5) is 5.02. The molecule has 0 amide bonds. The van der Waals surface area contributed by atoms with Gasteiger partial charge in [0.05, 0.1) is 11.0 Å². The van der Waals surface area contributed by atoms with Gasteiger partial charge in [-0.1, -0.05) is 116 Å². The molecule has 0 bridgehead atoms. The first kappa shape index (κ1) is 28.8. The molecule has 226 valence electrons. The molecule has 1 heterocycles. The average molecular weight is 605 g/mol. The van der Waals surface area contributed by atoms with Gasteiger partial charge in [-0.2, -0.15) is 0 Å². The molecule has 1 atom stereocenters. The molecule has 0 spiro atoms. The van der Waals surface area contributed by atoms with Gasteiger partial charge in [-0.05, 0) is 123 Å². The molecule has 0 fully saturated rings. The smallest absolute Gasteiger partial charge is 0.141 e. The van der Waals surface area contributed by atoms with Gasteiger partial charge in [-0.15, -0.1) is 6.42 Å². The Labute approximate surface area is 277 Å². The summed E-state index contributed by atoms with van der Waals surface area (Å²) >= 11 is 0. The third-order valence-corrected chi connectivity index (χ3v) is 9.80. The Bertz CT molecular complexity index is 2350. The molecular weight excluding hydrogens is 569 g/mol. The van der Waals surface area contributed by atoms with Gasteiger partial charge in [0.25, 0.3) is 0 Å². The zero-order valence-electron chi connectivity index (χ0n) is 26.9. The van der Waals surface area contributed by atoms with Crippen LogP contribution in [-0.2, 0) is 6.42 Å². The van der Waals surface area contributed by atoms with E-state index in [1.165, 1.54) is 55.3 Å². The van der Waals surface area contributed by atoms with Gasteiger partial charge in [0.15, 0.2) is 0 Å². The lowest BCUT2D eigenvalue weighted by Gasteiger charge is -2.29. The number of fused-ring (bicyclic) bond motifs is 4. The van der Waals surface area contributed by atoms with Crippen molar-refractivity contribution in [1.29, 1.82) is 0 Å². The topological polar surface area (TPSA) is 17.8 Å². The van der Waals surface area contributed by atoms with Crippen LogP contribution in [-0.4, -0.2) is 9.55 Å². The minimum absolute atomic E-state index is 0.414. The predicted molar refractivity (Wildman–Crippen MR) is 200 cm³/mol. The monoisotopic (exact) mass is 604 g/mol. The molecule has 0 unspecified atom stereocenters. The summed E-state index contributed by atoms with van der Waals surface area (Å²) in [5.41, 5.74) is 15.3. The molecule has 47 heavy (non-hydrogen) atoms. The summed E-state index contributed by atoms with van der Waals surface area (Å²) in [7, 11) is 0. The SMILES string of the molecule is C#C/C=C\C=C(/C)c1nc2ccccc2n1-c1ccc(-c2c3c(c(C4=Cc5ccccc5CC4)c4ccccc24)C=CC[C@H]3C)cc1. The van der Waals surface area contributed by atoms with E-state index in [0.717, 1.165) is 47.4 Å².